The van der Waals surface area contributed by atoms with Crippen LogP contribution < -0.4 is 4.90 Å². The molecule has 1 saturated heterocycles. The molecule has 1 aromatic carbocycles. The first-order chi connectivity index (χ1) is 11.6. The van der Waals surface area contributed by atoms with Crippen molar-refractivity contribution in [3.8, 4) is 0 Å². The number of aryl methyl sites for hydroxylation is 1. The number of hydrogen-bond donors (Lipinski definition) is 0. The van der Waals surface area contributed by atoms with Crippen LogP contribution in [-0.4, -0.2) is 34.9 Å². The monoisotopic (exact) mass is 328 g/mol. The summed E-state index contributed by atoms with van der Waals surface area (Å²) in [5, 5.41) is 8.96. The van der Waals surface area contributed by atoms with E-state index in [4.69, 9.17) is 9.15 Å². The molecule has 1 aliphatic rings. The molecule has 3 heterocycles. The Bertz CT molecular complexity index is 882. The summed E-state index contributed by atoms with van der Waals surface area (Å²) < 4.78 is 24.6. The Kier molecular flexibility index (Phi) is 3.65. The quantitative estimate of drug-likeness (QED) is 0.736. The maximum absolute atomic E-state index is 13.5. The molecule has 0 spiro atoms. The number of ether oxygens (including phenoxy) is 1. The van der Waals surface area contributed by atoms with E-state index in [-0.39, 0.29) is 18.0 Å². The number of pyridine rings is 1. The molecule has 2 atom stereocenters. The number of anilines is 1. The summed E-state index contributed by atoms with van der Waals surface area (Å²) >= 11 is 0. The Labute approximate surface area is 138 Å². The number of benzene rings is 1. The third-order valence-electron chi connectivity index (χ3n) is 4.36. The molecular weight excluding hydrogens is 311 g/mol. The predicted molar refractivity (Wildman–Crippen MR) is 86.2 cm³/mol. The minimum atomic E-state index is -0.299. The second-order valence-corrected chi connectivity index (χ2v) is 5.93. The van der Waals surface area contributed by atoms with Crippen molar-refractivity contribution < 1.29 is 13.5 Å². The second kappa shape index (κ2) is 5.83. The van der Waals surface area contributed by atoms with E-state index in [1.807, 2.05) is 12.1 Å². The fourth-order valence-electron chi connectivity index (χ4n) is 3.14. The van der Waals surface area contributed by atoms with Crippen molar-refractivity contribution in [2.24, 2.45) is 0 Å². The van der Waals surface area contributed by atoms with E-state index in [0.717, 1.165) is 17.6 Å². The molecule has 0 bridgehead atoms. The zero-order valence-corrected chi connectivity index (χ0v) is 13.4. The van der Waals surface area contributed by atoms with E-state index in [0.29, 0.717) is 23.8 Å². The van der Waals surface area contributed by atoms with Gasteiger partial charge in [0.05, 0.1) is 11.6 Å². The number of nitrogens with zero attached hydrogens (tertiary/aromatic N) is 4. The molecule has 24 heavy (non-hydrogen) atoms. The fraction of sp³-hybridized carbons (Fsp3) is 0.353. The van der Waals surface area contributed by atoms with Crippen LogP contribution in [0.5, 0.6) is 0 Å². The Balaban J connectivity index is 1.74. The molecule has 1 aliphatic heterocycles. The van der Waals surface area contributed by atoms with E-state index in [1.165, 1.54) is 12.1 Å². The standard InChI is InChI=1S/C17H17FN4O2/c1-10-20-21-17(24-10)15-8-13(23-2)9-22(15)16-6-4-11-3-5-12(18)7-14(11)19-16/h3-7,13,15H,8-9H2,1-2H3/t13-,15-/m1/s1. The first-order valence-electron chi connectivity index (χ1n) is 7.80. The molecule has 0 aliphatic carbocycles. The summed E-state index contributed by atoms with van der Waals surface area (Å²) in [4.78, 5) is 6.68. The zero-order valence-electron chi connectivity index (χ0n) is 13.4. The number of rotatable bonds is 3. The maximum Gasteiger partial charge on any atom is 0.238 e. The largest absolute Gasteiger partial charge is 0.423 e. The minimum absolute atomic E-state index is 0.0483. The highest BCUT2D eigenvalue weighted by molar-refractivity contribution is 5.80. The molecule has 7 heteroatoms. The maximum atomic E-state index is 13.5. The molecule has 1 fully saturated rings. The molecule has 0 radical (unpaired) electrons. The number of methoxy groups -OCH3 is 1. The van der Waals surface area contributed by atoms with Gasteiger partial charge in [0.25, 0.3) is 0 Å². The van der Waals surface area contributed by atoms with Crippen LogP contribution in [0.1, 0.15) is 24.2 Å². The molecule has 0 saturated carbocycles. The number of hydrogen-bond acceptors (Lipinski definition) is 6. The number of fused-ring (bicyclic) bond motifs is 1. The molecule has 0 unspecified atom stereocenters. The van der Waals surface area contributed by atoms with E-state index >= 15 is 0 Å². The van der Waals surface area contributed by atoms with Crippen LogP contribution in [0.4, 0.5) is 10.2 Å². The minimum Gasteiger partial charge on any atom is -0.423 e. The van der Waals surface area contributed by atoms with Crippen molar-refractivity contribution in [3.63, 3.8) is 0 Å². The van der Waals surface area contributed by atoms with Gasteiger partial charge in [-0.05, 0) is 24.3 Å². The van der Waals surface area contributed by atoms with Crippen LogP contribution in [-0.2, 0) is 4.74 Å². The lowest BCUT2D eigenvalue weighted by Crippen LogP contribution is -2.25. The summed E-state index contributed by atoms with van der Waals surface area (Å²) in [5.41, 5.74) is 0.619. The Hall–Kier alpha value is -2.54. The first kappa shape index (κ1) is 15.0. The van der Waals surface area contributed by atoms with Gasteiger partial charge in [0.1, 0.15) is 17.7 Å². The highest BCUT2D eigenvalue weighted by Crippen LogP contribution is 2.36. The SMILES string of the molecule is CO[C@@H]1C[C@H](c2nnc(C)o2)N(c2ccc3ccc(F)cc3n2)C1. The van der Waals surface area contributed by atoms with Crippen LogP contribution in [0.25, 0.3) is 10.9 Å². The van der Waals surface area contributed by atoms with Crippen LogP contribution >= 0.6 is 0 Å². The molecule has 124 valence electrons. The topological polar surface area (TPSA) is 64.3 Å². The van der Waals surface area contributed by atoms with Crippen LogP contribution in [0.3, 0.4) is 0 Å². The van der Waals surface area contributed by atoms with Crippen LogP contribution in [0, 0.1) is 12.7 Å². The Morgan fingerprint density at radius 2 is 2.08 bits per heavy atom. The summed E-state index contributed by atoms with van der Waals surface area (Å²) in [7, 11) is 1.69. The average molecular weight is 328 g/mol. The van der Waals surface area contributed by atoms with Gasteiger partial charge >= 0.3 is 0 Å². The third kappa shape index (κ3) is 2.60. The zero-order chi connectivity index (χ0) is 16.7. The molecule has 0 N–H and O–H groups in total. The van der Waals surface area contributed by atoms with E-state index < -0.39 is 0 Å². The summed E-state index contributed by atoms with van der Waals surface area (Å²) in [6.07, 6.45) is 0.785. The summed E-state index contributed by atoms with van der Waals surface area (Å²) in [5.74, 6) is 1.52. The van der Waals surface area contributed by atoms with Gasteiger partial charge in [-0.15, -0.1) is 10.2 Å². The molecular formula is C17H17FN4O2. The van der Waals surface area contributed by atoms with E-state index in [1.54, 1.807) is 20.1 Å². The van der Waals surface area contributed by atoms with Crippen molar-refractivity contribution in [2.45, 2.75) is 25.5 Å². The highest BCUT2D eigenvalue weighted by atomic mass is 19.1. The Morgan fingerprint density at radius 1 is 1.25 bits per heavy atom. The lowest BCUT2D eigenvalue weighted by molar-refractivity contribution is 0.117. The molecule has 4 rings (SSSR count). The average Bonchev–Trinajstić information content (AvgIpc) is 3.20. The number of halogens is 1. The van der Waals surface area contributed by atoms with Gasteiger partial charge in [-0.2, -0.15) is 0 Å². The first-order valence-corrected chi connectivity index (χ1v) is 7.80. The smallest absolute Gasteiger partial charge is 0.238 e. The highest BCUT2D eigenvalue weighted by Gasteiger charge is 2.37. The fourth-order valence-corrected chi connectivity index (χ4v) is 3.14. The van der Waals surface area contributed by atoms with Gasteiger partial charge in [0.2, 0.25) is 11.8 Å². The number of aromatic nitrogens is 3. The van der Waals surface area contributed by atoms with Crippen molar-refractivity contribution in [3.05, 3.63) is 47.9 Å². The van der Waals surface area contributed by atoms with Gasteiger partial charge in [-0.1, -0.05) is 0 Å². The normalized spacial score (nSPS) is 20.9. The van der Waals surface area contributed by atoms with Crippen LogP contribution in [0.15, 0.2) is 34.7 Å². The van der Waals surface area contributed by atoms with Crippen molar-refractivity contribution in [1.82, 2.24) is 15.2 Å². The van der Waals surface area contributed by atoms with Crippen molar-refractivity contribution >= 4 is 16.7 Å². The molecule has 0 amide bonds. The van der Waals surface area contributed by atoms with Crippen molar-refractivity contribution in [1.29, 1.82) is 0 Å². The predicted octanol–water partition coefficient (Wildman–Crippen LogP) is 3.03. The molecule has 2 aromatic heterocycles. The molecule has 6 nitrogen and oxygen atoms in total. The summed E-state index contributed by atoms with van der Waals surface area (Å²) in [6.45, 7) is 2.43. The Morgan fingerprint density at radius 3 is 2.83 bits per heavy atom. The third-order valence-corrected chi connectivity index (χ3v) is 4.36. The lowest BCUT2D eigenvalue weighted by atomic mass is 10.2. The van der Waals surface area contributed by atoms with Gasteiger partial charge < -0.3 is 14.1 Å². The summed E-state index contributed by atoms with van der Waals surface area (Å²) in [6, 6.07) is 8.36. The van der Waals surface area contributed by atoms with Gasteiger partial charge in [-0.25, -0.2) is 9.37 Å². The molecule has 3 aromatic rings. The van der Waals surface area contributed by atoms with Crippen LogP contribution in [0.2, 0.25) is 0 Å². The van der Waals surface area contributed by atoms with E-state index in [2.05, 4.69) is 20.1 Å². The van der Waals surface area contributed by atoms with Gasteiger partial charge in [-0.3, -0.25) is 0 Å². The van der Waals surface area contributed by atoms with Crippen molar-refractivity contribution in [2.75, 3.05) is 18.6 Å². The lowest BCUT2D eigenvalue weighted by Gasteiger charge is -2.23. The van der Waals surface area contributed by atoms with Gasteiger partial charge in [0, 0.05) is 38.5 Å². The van der Waals surface area contributed by atoms with Gasteiger partial charge in [0.15, 0.2) is 0 Å². The van der Waals surface area contributed by atoms with E-state index in [9.17, 15) is 4.39 Å². The second-order valence-electron chi connectivity index (χ2n) is 5.93.